The quantitative estimate of drug-likeness (QED) is 0.929. The molecule has 0 spiro atoms. The van der Waals surface area contributed by atoms with Gasteiger partial charge in [0, 0.05) is 24.4 Å². The van der Waals surface area contributed by atoms with Crippen LogP contribution in [0.1, 0.15) is 18.1 Å². The Bertz CT molecular complexity index is 832. The molecule has 0 fully saturated rings. The molecular formula is C19H20N2O4. The molecule has 0 saturated heterocycles. The van der Waals surface area contributed by atoms with E-state index in [0.29, 0.717) is 17.2 Å². The molecule has 2 amide bonds. The monoisotopic (exact) mass is 340 g/mol. The first-order valence-electron chi connectivity index (χ1n) is 7.99. The zero-order valence-electron chi connectivity index (χ0n) is 14.5. The number of anilines is 2. The van der Waals surface area contributed by atoms with Gasteiger partial charge in [-0.2, -0.15) is 0 Å². The summed E-state index contributed by atoms with van der Waals surface area (Å²) in [7, 11) is 0. The van der Waals surface area contributed by atoms with Crippen molar-refractivity contribution < 1.29 is 19.1 Å². The second kappa shape index (κ2) is 6.84. The van der Waals surface area contributed by atoms with Gasteiger partial charge in [-0.1, -0.05) is 12.1 Å². The van der Waals surface area contributed by atoms with E-state index in [1.165, 1.54) is 11.8 Å². The zero-order chi connectivity index (χ0) is 18.0. The summed E-state index contributed by atoms with van der Waals surface area (Å²) in [6.45, 7) is 5.44. The van der Waals surface area contributed by atoms with Crippen molar-refractivity contribution in [2.75, 3.05) is 23.6 Å². The normalized spacial score (nSPS) is 12.0. The highest BCUT2D eigenvalue weighted by atomic mass is 16.7. The molecule has 0 bridgehead atoms. The number of hydrogen-bond acceptors (Lipinski definition) is 4. The molecule has 0 atom stereocenters. The molecule has 6 heteroatoms. The average Bonchev–Trinajstić information content (AvgIpc) is 3.02. The van der Waals surface area contributed by atoms with Gasteiger partial charge in [0.2, 0.25) is 18.6 Å². The number of ether oxygens (including phenoxy) is 2. The summed E-state index contributed by atoms with van der Waals surface area (Å²) in [5.41, 5.74) is 3.31. The Morgan fingerprint density at radius 2 is 1.84 bits per heavy atom. The Kier molecular flexibility index (Phi) is 4.61. The average molecular weight is 340 g/mol. The first-order valence-corrected chi connectivity index (χ1v) is 7.99. The molecule has 130 valence electrons. The minimum atomic E-state index is -0.282. The first kappa shape index (κ1) is 16.8. The number of nitrogens with one attached hydrogen (secondary N) is 1. The minimum Gasteiger partial charge on any atom is -0.454 e. The van der Waals surface area contributed by atoms with E-state index in [1.54, 1.807) is 18.2 Å². The van der Waals surface area contributed by atoms with Crippen LogP contribution in [0, 0.1) is 13.8 Å². The lowest BCUT2D eigenvalue weighted by Gasteiger charge is -2.23. The van der Waals surface area contributed by atoms with E-state index < -0.39 is 0 Å². The van der Waals surface area contributed by atoms with E-state index in [-0.39, 0.29) is 25.2 Å². The molecule has 0 aliphatic carbocycles. The van der Waals surface area contributed by atoms with Gasteiger partial charge < -0.3 is 19.7 Å². The van der Waals surface area contributed by atoms with E-state index in [9.17, 15) is 9.59 Å². The molecule has 6 nitrogen and oxygen atoms in total. The third-order valence-corrected chi connectivity index (χ3v) is 3.99. The SMILES string of the molecule is CC(=O)N(CC(=O)Nc1ccc2c(c1)OCO2)c1cc(C)ccc1C. The van der Waals surface area contributed by atoms with Gasteiger partial charge in [-0.3, -0.25) is 9.59 Å². The maximum absolute atomic E-state index is 12.4. The molecule has 25 heavy (non-hydrogen) atoms. The topological polar surface area (TPSA) is 67.9 Å². The number of nitrogens with zero attached hydrogens (tertiary/aromatic N) is 1. The van der Waals surface area contributed by atoms with E-state index in [1.807, 2.05) is 32.0 Å². The predicted molar refractivity (Wildman–Crippen MR) is 95.1 cm³/mol. The van der Waals surface area contributed by atoms with Crippen LogP contribution in [0.5, 0.6) is 11.5 Å². The molecule has 0 unspecified atom stereocenters. The van der Waals surface area contributed by atoms with Crippen molar-refractivity contribution in [3.8, 4) is 11.5 Å². The largest absolute Gasteiger partial charge is 0.454 e. The summed E-state index contributed by atoms with van der Waals surface area (Å²) in [5.74, 6) is 0.777. The van der Waals surface area contributed by atoms with Crippen LogP contribution in [-0.4, -0.2) is 25.2 Å². The summed E-state index contributed by atoms with van der Waals surface area (Å²) in [6, 6.07) is 11.0. The van der Waals surface area contributed by atoms with Crippen LogP contribution in [0.15, 0.2) is 36.4 Å². The molecule has 1 heterocycles. The van der Waals surface area contributed by atoms with E-state index in [4.69, 9.17) is 9.47 Å². The Hall–Kier alpha value is -3.02. The zero-order valence-corrected chi connectivity index (χ0v) is 14.5. The van der Waals surface area contributed by atoms with Crippen molar-refractivity contribution in [1.29, 1.82) is 0 Å². The highest BCUT2D eigenvalue weighted by Crippen LogP contribution is 2.34. The summed E-state index contributed by atoms with van der Waals surface area (Å²) in [4.78, 5) is 26.0. The number of aryl methyl sites for hydroxylation is 2. The predicted octanol–water partition coefficient (Wildman–Crippen LogP) is 3.02. The van der Waals surface area contributed by atoms with Gasteiger partial charge in [0.1, 0.15) is 6.54 Å². The van der Waals surface area contributed by atoms with Crippen molar-refractivity contribution in [2.45, 2.75) is 20.8 Å². The molecular weight excluding hydrogens is 320 g/mol. The van der Waals surface area contributed by atoms with Gasteiger partial charge in [-0.25, -0.2) is 0 Å². The van der Waals surface area contributed by atoms with Crippen LogP contribution >= 0.6 is 0 Å². The number of carbonyl (C=O) groups is 2. The molecule has 1 aliphatic rings. The fourth-order valence-corrected chi connectivity index (χ4v) is 2.69. The van der Waals surface area contributed by atoms with Crippen LogP contribution in [0.4, 0.5) is 11.4 Å². The molecule has 0 aromatic heterocycles. The van der Waals surface area contributed by atoms with E-state index in [0.717, 1.165) is 16.8 Å². The number of fused-ring (bicyclic) bond motifs is 1. The second-order valence-corrected chi connectivity index (χ2v) is 6.01. The Morgan fingerprint density at radius 1 is 1.08 bits per heavy atom. The van der Waals surface area contributed by atoms with Crippen LogP contribution < -0.4 is 19.7 Å². The van der Waals surface area contributed by atoms with Crippen molar-refractivity contribution in [3.63, 3.8) is 0 Å². The van der Waals surface area contributed by atoms with Crippen LogP contribution in [0.2, 0.25) is 0 Å². The smallest absolute Gasteiger partial charge is 0.244 e. The fourth-order valence-electron chi connectivity index (χ4n) is 2.69. The molecule has 1 aliphatic heterocycles. The number of amides is 2. The van der Waals surface area contributed by atoms with Crippen molar-refractivity contribution >= 4 is 23.2 Å². The molecule has 3 rings (SSSR count). The lowest BCUT2D eigenvalue weighted by atomic mass is 10.1. The number of carbonyl (C=O) groups excluding carboxylic acids is 2. The van der Waals surface area contributed by atoms with Crippen molar-refractivity contribution in [2.24, 2.45) is 0 Å². The van der Waals surface area contributed by atoms with Gasteiger partial charge in [-0.15, -0.1) is 0 Å². The number of rotatable bonds is 4. The molecule has 2 aromatic carbocycles. The van der Waals surface area contributed by atoms with Gasteiger partial charge in [0.25, 0.3) is 0 Å². The van der Waals surface area contributed by atoms with Crippen LogP contribution in [0.3, 0.4) is 0 Å². The standard InChI is InChI=1S/C19H20N2O4/c1-12-4-5-13(2)16(8-12)21(14(3)22)10-19(23)20-15-6-7-17-18(9-15)25-11-24-17/h4-9H,10-11H2,1-3H3,(H,20,23). The van der Waals surface area contributed by atoms with Crippen molar-refractivity contribution in [1.82, 2.24) is 0 Å². The highest BCUT2D eigenvalue weighted by Gasteiger charge is 2.19. The fraction of sp³-hybridized carbons (Fsp3) is 0.263. The maximum atomic E-state index is 12.4. The molecule has 2 aromatic rings. The summed E-state index contributed by atoms with van der Waals surface area (Å²) in [5, 5.41) is 2.79. The van der Waals surface area contributed by atoms with Crippen LogP contribution in [-0.2, 0) is 9.59 Å². The van der Waals surface area contributed by atoms with Gasteiger partial charge in [-0.05, 0) is 43.2 Å². The Morgan fingerprint density at radius 3 is 2.60 bits per heavy atom. The third-order valence-electron chi connectivity index (χ3n) is 3.99. The first-order chi connectivity index (χ1) is 11.9. The van der Waals surface area contributed by atoms with Gasteiger partial charge >= 0.3 is 0 Å². The van der Waals surface area contributed by atoms with Crippen molar-refractivity contribution in [3.05, 3.63) is 47.5 Å². The molecule has 1 N–H and O–H groups in total. The maximum Gasteiger partial charge on any atom is 0.244 e. The summed E-state index contributed by atoms with van der Waals surface area (Å²) < 4.78 is 10.5. The van der Waals surface area contributed by atoms with Gasteiger partial charge in [0.15, 0.2) is 11.5 Å². The van der Waals surface area contributed by atoms with Crippen LogP contribution in [0.25, 0.3) is 0 Å². The summed E-state index contributed by atoms with van der Waals surface area (Å²) >= 11 is 0. The number of benzene rings is 2. The van der Waals surface area contributed by atoms with E-state index in [2.05, 4.69) is 5.32 Å². The van der Waals surface area contributed by atoms with E-state index >= 15 is 0 Å². The minimum absolute atomic E-state index is 0.0614. The Labute approximate surface area is 146 Å². The Balaban J connectivity index is 1.75. The number of hydrogen-bond donors (Lipinski definition) is 1. The van der Waals surface area contributed by atoms with Gasteiger partial charge in [0.05, 0.1) is 0 Å². The lowest BCUT2D eigenvalue weighted by molar-refractivity contribution is -0.120. The molecule has 0 saturated carbocycles. The lowest BCUT2D eigenvalue weighted by Crippen LogP contribution is -2.37. The third kappa shape index (κ3) is 3.74. The summed E-state index contributed by atoms with van der Waals surface area (Å²) in [6.07, 6.45) is 0. The molecule has 0 radical (unpaired) electrons. The highest BCUT2D eigenvalue weighted by molar-refractivity contribution is 6.02. The second-order valence-electron chi connectivity index (χ2n) is 6.01.